The molecule has 3 saturated heterocycles. The molecule has 0 radical (unpaired) electrons. The van der Waals surface area contributed by atoms with Crippen molar-refractivity contribution in [3.63, 3.8) is 0 Å². The predicted molar refractivity (Wildman–Crippen MR) is 178 cm³/mol. The first-order valence-electron chi connectivity index (χ1n) is 18.8. The van der Waals surface area contributed by atoms with Gasteiger partial charge in [-0.3, -0.25) is 4.79 Å². The number of allylic oxidation sites excluding steroid dienone is 1. The van der Waals surface area contributed by atoms with Gasteiger partial charge in [-0.1, -0.05) is 25.5 Å². The van der Waals surface area contributed by atoms with E-state index < -0.39 is 123 Å². The molecular weight excluding hydrogens is 704 g/mol. The smallest absolute Gasteiger partial charge is 0.314 e. The van der Waals surface area contributed by atoms with E-state index in [9.17, 15) is 55.9 Å². The molecule has 53 heavy (non-hydrogen) atoms. The molecule has 6 fully saturated rings. The van der Waals surface area contributed by atoms with Crippen molar-refractivity contribution in [1.82, 2.24) is 0 Å². The number of esters is 1. The van der Waals surface area contributed by atoms with E-state index in [2.05, 4.69) is 13.5 Å². The van der Waals surface area contributed by atoms with Crippen LogP contribution in [-0.4, -0.2) is 169 Å². The molecule has 3 heterocycles. The largest absolute Gasteiger partial charge is 0.432 e. The highest BCUT2D eigenvalue weighted by molar-refractivity contribution is 5.77. The number of hydrogen-bond acceptors (Lipinski definition) is 17. The minimum atomic E-state index is -1.93. The van der Waals surface area contributed by atoms with Gasteiger partial charge in [0.15, 0.2) is 18.7 Å². The lowest BCUT2D eigenvalue weighted by molar-refractivity contribution is -0.391. The van der Waals surface area contributed by atoms with Gasteiger partial charge in [0.2, 0.25) is 6.29 Å². The molecule has 17 nitrogen and oxygen atoms in total. The van der Waals surface area contributed by atoms with Gasteiger partial charge in [-0.25, -0.2) is 0 Å². The van der Waals surface area contributed by atoms with E-state index in [0.717, 1.165) is 44.9 Å². The maximum atomic E-state index is 14.4. The number of ether oxygens (including phenoxy) is 6. The Hall–Kier alpha value is -1.39. The lowest BCUT2D eigenvalue weighted by atomic mass is 9.44. The molecule has 0 bridgehead atoms. The van der Waals surface area contributed by atoms with Gasteiger partial charge < -0.3 is 79.5 Å². The molecule has 0 spiro atoms. The van der Waals surface area contributed by atoms with Gasteiger partial charge in [-0.15, -0.1) is 0 Å². The first-order chi connectivity index (χ1) is 25.1. The molecule has 10 N–H and O–H groups in total. The zero-order valence-corrected chi connectivity index (χ0v) is 30.2. The Kier molecular flexibility index (Phi) is 12.6. The third-order valence-electron chi connectivity index (χ3n) is 13.3. The molecule has 0 amide bonds. The summed E-state index contributed by atoms with van der Waals surface area (Å²) in [5, 5.41) is 105. The number of hydrogen-bond donors (Lipinski definition) is 10. The minimum Gasteiger partial charge on any atom is -0.432 e. The zero-order chi connectivity index (χ0) is 38.6. The Morgan fingerprint density at radius 1 is 0.698 bits per heavy atom. The number of aliphatic hydroxyl groups is 10. The van der Waals surface area contributed by atoms with Crippen LogP contribution in [-0.2, 0) is 33.2 Å². The third kappa shape index (κ3) is 7.46. The van der Waals surface area contributed by atoms with E-state index in [4.69, 9.17) is 28.4 Å². The van der Waals surface area contributed by atoms with Crippen molar-refractivity contribution < 1.29 is 84.3 Å². The van der Waals surface area contributed by atoms with Crippen molar-refractivity contribution in [1.29, 1.82) is 0 Å². The summed E-state index contributed by atoms with van der Waals surface area (Å²) in [6, 6.07) is 0. The van der Waals surface area contributed by atoms with Gasteiger partial charge in [-0.2, -0.15) is 0 Å². The second kappa shape index (κ2) is 16.2. The number of aliphatic hydroxyl groups excluding tert-OH is 10. The summed E-state index contributed by atoms with van der Waals surface area (Å²) in [4.78, 5) is 14.4. The second-order valence-corrected chi connectivity index (χ2v) is 16.5. The quantitative estimate of drug-likeness (QED) is 0.0863. The standard InChI is InChI=1S/C36H58O17/c1-15-5-7-17-16(11-15)6-8-21-35(17,2)9-4-10-36(21,3)34(47)53-33-30(27(45)24(42)20(14-39)50-33)52-32-29(26(44)23(41)19(13-38)49-32)51-31-28(46)25(43)22(40)18(12-37)48-31/h16-33,37-46H,1,4-14H2,2-3H3/t16?,17-,18?,19?,20?,21?,22?,23?,24?,25?,26?,27?,28?,29?,30?,31?,32?,33?,35+,36-/m1/s1. The SMILES string of the molecule is C=C1CC[C@@H]2C(CCC3[C@](C)(C(=O)OC4OC(CO)C(O)C(O)C4OC4OC(CO)C(O)C(O)C4OC4OC(CO)C(O)C(O)C4O)CCC[C@]32C)C1. The lowest BCUT2D eigenvalue weighted by Crippen LogP contribution is -2.67. The van der Waals surface area contributed by atoms with Gasteiger partial charge in [0.25, 0.3) is 0 Å². The maximum absolute atomic E-state index is 14.4. The first kappa shape index (κ1) is 41.2. The van der Waals surface area contributed by atoms with Crippen LogP contribution in [0.3, 0.4) is 0 Å². The molecule has 20 atom stereocenters. The van der Waals surface area contributed by atoms with Crippen LogP contribution in [0.15, 0.2) is 12.2 Å². The molecular formula is C36H58O17. The van der Waals surface area contributed by atoms with Crippen LogP contribution >= 0.6 is 0 Å². The lowest BCUT2D eigenvalue weighted by Gasteiger charge is -2.60. The molecule has 0 aromatic rings. The molecule has 0 aromatic heterocycles. The Bertz CT molecular complexity index is 1290. The van der Waals surface area contributed by atoms with E-state index in [1.54, 1.807) is 0 Å². The third-order valence-corrected chi connectivity index (χ3v) is 13.3. The van der Waals surface area contributed by atoms with E-state index in [0.29, 0.717) is 18.3 Å². The van der Waals surface area contributed by atoms with Gasteiger partial charge in [-0.05, 0) is 75.0 Å². The fourth-order valence-corrected chi connectivity index (χ4v) is 10.3. The van der Waals surface area contributed by atoms with Crippen molar-refractivity contribution in [3.05, 3.63) is 12.2 Å². The molecule has 3 aliphatic heterocycles. The van der Waals surface area contributed by atoms with E-state index in [1.165, 1.54) is 5.57 Å². The number of carbonyl (C=O) groups is 1. The van der Waals surface area contributed by atoms with E-state index in [-0.39, 0.29) is 11.3 Å². The highest BCUT2D eigenvalue weighted by Gasteiger charge is 2.61. The van der Waals surface area contributed by atoms with Crippen LogP contribution in [0.4, 0.5) is 0 Å². The van der Waals surface area contributed by atoms with Crippen LogP contribution in [0.1, 0.15) is 65.2 Å². The summed E-state index contributed by atoms with van der Waals surface area (Å²) in [5.74, 6) is 0.272. The second-order valence-electron chi connectivity index (χ2n) is 16.5. The van der Waals surface area contributed by atoms with E-state index >= 15 is 0 Å². The molecule has 304 valence electrons. The van der Waals surface area contributed by atoms with E-state index in [1.807, 2.05) is 6.92 Å². The number of carbonyl (C=O) groups excluding carboxylic acids is 1. The molecule has 17 unspecified atom stereocenters. The summed E-state index contributed by atoms with van der Waals surface area (Å²) in [6.07, 6.45) is -19.2. The normalized spacial score (nSPS) is 52.0. The van der Waals surface area contributed by atoms with Crippen LogP contribution in [0, 0.1) is 28.6 Å². The Morgan fingerprint density at radius 3 is 1.83 bits per heavy atom. The molecule has 3 saturated carbocycles. The average Bonchev–Trinajstić information content (AvgIpc) is 3.13. The molecule has 6 aliphatic rings. The van der Waals surface area contributed by atoms with Crippen molar-refractivity contribution in [3.8, 4) is 0 Å². The maximum Gasteiger partial charge on any atom is 0.314 e. The number of fused-ring (bicyclic) bond motifs is 3. The van der Waals surface area contributed by atoms with Crippen LogP contribution in [0.5, 0.6) is 0 Å². The molecule has 3 aliphatic carbocycles. The predicted octanol–water partition coefficient (Wildman–Crippen LogP) is -2.44. The molecule has 17 heteroatoms. The van der Waals surface area contributed by atoms with Gasteiger partial charge in [0.1, 0.15) is 67.1 Å². The summed E-state index contributed by atoms with van der Waals surface area (Å²) in [7, 11) is 0. The van der Waals surface area contributed by atoms with Crippen molar-refractivity contribution in [2.75, 3.05) is 19.8 Å². The fraction of sp³-hybridized carbons (Fsp3) is 0.917. The fourth-order valence-electron chi connectivity index (χ4n) is 10.3. The van der Waals surface area contributed by atoms with Crippen LogP contribution in [0.2, 0.25) is 0 Å². The minimum absolute atomic E-state index is 0.0316. The average molecular weight is 763 g/mol. The van der Waals surface area contributed by atoms with Gasteiger partial charge in [0, 0.05) is 0 Å². The summed E-state index contributed by atoms with van der Waals surface area (Å²) >= 11 is 0. The summed E-state index contributed by atoms with van der Waals surface area (Å²) < 4.78 is 34.8. The summed E-state index contributed by atoms with van der Waals surface area (Å²) in [6.45, 7) is 6.02. The zero-order valence-electron chi connectivity index (χ0n) is 30.2. The van der Waals surface area contributed by atoms with Crippen LogP contribution < -0.4 is 0 Å². The highest BCUT2D eigenvalue weighted by atomic mass is 16.8. The Labute approximate surface area is 308 Å². The number of rotatable bonds is 9. The van der Waals surface area contributed by atoms with Crippen molar-refractivity contribution in [2.45, 2.75) is 157 Å². The van der Waals surface area contributed by atoms with Crippen molar-refractivity contribution >= 4 is 5.97 Å². The first-order valence-corrected chi connectivity index (χ1v) is 18.8. The highest BCUT2D eigenvalue weighted by Crippen LogP contribution is 2.64. The Morgan fingerprint density at radius 2 is 1.23 bits per heavy atom. The molecule has 6 rings (SSSR count). The molecule has 0 aromatic carbocycles. The van der Waals surface area contributed by atoms with Gasteiger partial charge in [0.05, 0.1) is 25.2 Å². The topological polar surface area (TPSA) is 275 Å². The summed E-state index contributed by atoms with van der Waals surface area (Å²) in [5.41, 5.74) is 0.166. The van der Waals surface area contributed by atoms with Crippen LogP contribution in [0.25, 0.3) is 0 Å². The van der Waals surface area contributed by atoms with Crippen molar-refractivity contribution in [2.24, 2.45) is 28.6 Å². The Balaban J connectivity index is 1.26. The van der Waals surface area contributed by atoms with Gasteiger partial charge >= 0.3 is 5.97 Å². The monoisotopic (exact) mass is 762 g/mol.